The number of hydrogen-bond donors (Lipinski definition) is 2. The Hall–Kier alpha value is -2.15. The van der Waals surface area contributed by atoms with Gasteiger partial charge in [-0.3, -0.25) is 14.2 Å². The molecule has 106 valence electrons. The summed E-state index contributed by atoms with van der Waals surface area (Å²) in [6, 6.07) is 1.78. The van der Waals surface area contributed by atoms with Gasteiger partial charge in [-0.25, -0.2) is 4.98 Å². The second kappa shape index (κ2) is 5.87. The second-order valence-electron chi connectivity index (χ2n) is 4.33. The molecule has 0 spiro atoms. The molecule has 7 heteroatoms. The highest BCUT2D eigenvalue weighted by Gasteiger charge is 2.17. The van der Waals surface area contributed by atoms with Crippen LogP contribution < -0.4 is 5.32 Å². The molecule has 20 heavy (non-hydrogen) atoms. The number of carboxylic acids is 1. The van der Waals surface area contributed by atoms with Gasteiger partial charge in [0, 0.05) is 29.5 Å². The van der Waals surface area contributed by atoms with E-state index in [1.807, 2.05) is 23.8 Å². The number of amides is 1. The fraction of sp³-hybridized carbons (Fsp3) is 0.308. The average Bonchev–Trinajstić information content (AvgIpc) is 2.97. The summed E-state index contributed by atoms with van der Waals surface area (Å²) < 4.78 is 1.91. The molecular weight excluding hydrogens is 278 g/mol. The van der Waals surface area contributed by atoms with Gasteiger partial charge in [-0.15, -0.1) is 11.3 Å². The molecule has 0 aliphatic carbocycles. The topological polar surface area (TPSA) is 84.2 Å². The van der Waals surface area contributed by atoms with E-state index in [0.29, 0.717) is 5.56 Å². The third-order valence-electron chi connectivity index (χ3n) is 2.91. The highest BCUT2D eigenvalue weighted by atomic mass is 32.1. The Labute approximate surface area is 120 Å². The number of thiazole rings is 1. The van der Waals surface area contributed by atoms with Crippen LogP contribution in [-0.2, 0) is 4.79 Å². The van der Waals surface area contributed by atoms with Gasteiger partial charge in [0.2, 0.25) is 0 Å². The fourth-order valence-corrected chi connectivity index (χ4v) is 2.74. The van der Waals surface area contributed by atoms with E-state index >= 15 is 0 Å². The molecular formula is C13H15N3O3S. The van der Waals surface area contributed by atoms with Gasteiger partial charge in [0.05, 0.1) is 12.0 Å². The zero-order valence-corrected chi connectivity index (χ0v) is 12.0. The van der Waals surface area contributed by atoms with Crippen LogP contribution in [0.5, 0.6) is 0 Å². The highest BCUT2D eigenvalue weighted by Crippen LogP contribution is 2.22. The van der Waals surface area contributed by atoms with Crippen molar-refractivity contribution in [3.63, 3.8) is 0 Å². The van der Waals surface area contributed by atoms with E-state index < -0.39 is 5.97 Å². The number of rotatable bonds is 5. The number of nitrogens with one attached hydrogen (secondary N) is 1. The summed E-state index contributed by atoms with van der Waals surface area (Å²) in [5.41, 5.74) is 2.26. The Morgan fingerprint density at radius 3 is 2.80 bits per heavy atom. The number of aryl methyl sites for hydroxylation is 1. The molecule has 2 aromatic rings. The van der Waals surface area contributed by atoms with Gasteiger partial charge in [0.1, 0.15) is 0 Å². The maximum atomic E-state index is 12.0. The minimum absolute atomic E-state index is 0.0864. The van der Waals surface area contributed by atoms with Gasteiger partial charge in [0.15, 0.2) is 5.13 Å². The molecule has 0 saturated carbocycles. The molecule has 0 atom stereocenters. The normalized spacial score (nSPS) is 10.5. The first-order chi connectivity index (χ1) is 9.50. The molecule has 2 heterocycles. The molecule has 0 bridgehead atoms. The summed E-state index contributed by atoms with van der Waals surface area (Å²) in [7, 11) is 0. The summed E-state index contributed by atoms with van der Waals surface area (Å²) in [6.45, 7) is 3.87. The molecule has 0 aromatic carbocycles. The molecule has 2 rings (SSSR count). The summed E-state index contributed by atoms with van der Waals surface area (Å²) >= 11 is 1.49. The van der Waals surface area contributed by atoms with E-state index in [0.717, 1.165) is 16.5 Å². The minimum atomic E-state index is -0.932. The van der Waals surface area contributed by atoms with Crippen LogP contribution in [0.1, 0.15) is 28.2 Å². The third kappa shape index (κ3) is 2.88. The summed E-state index contributed by atoms with van der Waals surface area (Å²) in [4.78, 5) is 26.7. The highest BCUT2D eigenvalue weighted by molar-refractivity contribution is 7.12. The Morgan fingerprint density at radius 2 is 2.20 bits per heavy atom. The van der Waals surface area contributed by atoms with Crippen LogP contribution in [0.4, 0.5) is 0 Å². The molecule has 0 unspecified atom stereocenters. The van der Waals surface area contributed by atoms with Crippen LogP contribution in [-0.4, -0.2) is 33.1 Å². The second-order valence-corrected chi connectivity index (χ2v) is 5.21. The standard InChI is InChI=1S/C13H15N3O3S/c1-8-7-10(12(19)14-4-3-11(17)18)9(2)16(8)13-15-5-6-20-13/h5-7H,3-4H2,1-2H3,(H,14,19)(H,17,18). The first-order valence-electron chi connectivity index (χ1n) is 6.09. The molecule has 6 nitrogen and oxygen atoms in total. The number of aliphatic carboxylic acids is 1. The van der Waals surface area contributed by atoms with Crippen molar-refractivity contribution in [2.24, 2.45) is 0 Å². The number of carbonyl (C=O) groups is 2. The van der Waals surface area contributed by atoms with Crippen molar-refractivity contribution in [1.29, 1.82) is 0 Å². The van der Waals surface area contributed by atoms with Crippen LogP contribution in [0.3, 0.4) is 0 Å². The van der Waals surface area contributed by atoms with E-state index in [4.69, 9.17) is 5.11 Å². The van der Waals surface area contributed by atoms with Gasteiger partial charge in [-0.2, -0.15) is 0 Å². The van der Waals surface area contributed by atoms with Gasteiger partial charge in [-0.1, -0.05) is 0 Å². The van der Waals surface area contributed by atoms with Gasteiger partial charge < -0.3 is 10.4 Å². The van der Waals surface area contributed by atoms with Crippen molar-refractivity contribution in [3.05, 3.63) is 34.6 Å². The maximum absolute atomic E-state index is 12.0. The largest absolute Gasteiger partial charge is 0.481 e. The summed E-state index contributed by atoms with van der Waals surface area (Å²) in [6.07, 6.45) is 1.63. The van der Waals surface area contributed by atoms with Gasteiger partial charge in [-0.05, 0) is 19.9 Å². The Balaban J connectivity index is 2.19. The summed E-state index contributed by atoms with van der Waals surface area (Å²) in [5.74, 6) is -1.19. The molecule has 0 saturated heterocycles. The number of carbonyl (C=O) groups excluding carboxylic acids is 1. The van der Waals surface area contributed by atoms with Crippen LogP contribution in [0.15, 0.2) is 17.6 Å². The van der Waals surface area contributed by atoms with Crippen LogP contribution in [0.25, 0.3) is 5.13 Å². The average molecular weight is 293 g/mol. The van der Waals surface area contributed by atoms with E-state index in [1.165, 1.54) is 11.3 Å². The quantitative estimate of drug-likeness (QED) is 0.879. The number of carboxylic acid groups (broad SMARTS) is 1. The molecule has 1 amide bonds. The fourth-order valence-electron chi connectivity index (χ4n) is 1.99. The van der Waals surface area contributed by atoms with Crippen molar-refractivity contribution >= 4 is 23.2 Å². The first-order valence-corrected chi connectivity index (χ1v) is 6.97. The molecule has 0 aliphatic heterocycles. The lowest BCUT2D eigenvalue weighted by Gasteiger charge is -2.06. The number of nitrogens with zero attached hydrogens (tertiary/aromatic N) is 2. The molecule has 0 aliphatic rings. The summed E-state index contributed by atoms with van der Waals surface area (Å²) in [5, 5.41) is 13.9. The van der Waals surface area contributed by atoms with Crippen molar-refractivity contribution in [1.82, 2.24) is 14.9 Å². The van der Waals surface area contributed by atoms with Crippen molar-refractivity contribution in [3.8, 4) is 5.13 Å². The molecule has 2 aromatic heterocycles. The van der Waals surface area contributed by atoms with Gasteiger partial charge in [0.25, 0.3) is 5.91 Å². The lowest BCUT2D eigenvalue weighted by Crippen LogP contribution is -2.26. The minimum Gasteiger partial charge on any atom is -0.481 e. The smallest absolute Gasteiger partial charge is 0.305 e. The van der Waals surface area contributed by atoms with E-state index in [9.17, 15) is 9.59 Å². The zero-order chi connectivity index (χ0) is 14.7. The van der Waals surface area contributed by atoms with E-state index in [-0.39, 0.29) is 18.9 Å². The van der Waals surface area contributed by atoms with Crippen molar-refractivity contribution in [2.45, 2.75) is 20.3 Å². The SMILES string of the molecule is Cc1cc(C(=O)NCCC(=O)O)c(C)n1-c1nccs1. The molecule has 0 radical (unpaired) electrons. The van der Waals surface area contributed by atoms with E-state index in [2.05, 4.69) is 10.3 Å². The predicted molar refractivity (Wildman–Crippen MR) is 75.5 cm³/mol. The molecule has 0 fully saturated rings. The lowest BCUT2D eigenvalue weighted by molar-refractivity contribution is -0.136. The molecule has 2 N–H and O–H groups in total. The zero-order valence-electron chi connectivity index (χ0n) is 11.2. The van der Waals surface area contributed by atoms with Crippen LogP contribution in [0, 0.1) is 13.8 Å². The van der Waals surface area contributed by atoms with E-state index in [1.54, 1.807) is 12.3 Å². The Kier molecular flexibility index (Phi) is 4.19. The monoisotopic (exact) mass is 293 g/mol. The van der Waals surface area contributed by atoms with Crippen LogP contribution >= 0.6 is 11.3 Å². The number of hydrogen-bond acceptors (Lipinski definition) is 4. The Morgan fingerprint density at radius 1 is 1.45 bits per heavy atom. The third-order valence-corrected chi connectivity index (χ3v) is 3.67. The van der Waals surface area contributed by atoms with Gasteiger partial charge >= 0.3 is 5.97 Å². The Bertz CT molecular complexity index is 632. The van der Waals surface area contributed by atoms with Crippen molar-refractivity contribution in [2.75, 3.05) is 6.54 Å². The lowest BCUT2D eigenvalue weighted by atomic mass is 10.2. The predicted octanol–water partition coefficient (Wildman–Crippen LogP) is 1.76. The maximum Gasteiger partial charge on any atom is 0.305 e. The van der Waals surface area contributed by atoms with Crippen LogP contribution in [0.2, 0.25) is 0 Å². The first kappa shape index (κ1) is 14.3. The number of aromatic nitrogens is 2. The van der Waals surface area contributed by atoms with Crippen molar-refractivity contribution < 1.29 is 14.7 Å².